The van der Waals surface area contributed by atoms with Crippen LogP contribution in [0.1, 0.15) is 18.1 Å². The summed E-state index contributed by atoms with van der Waals surface area (Å²) in [5.41, 5.74) is 2.73. The van der Waals surface area contributed by atoms with E-state index < -0.39 is 0 Å². The summed E-state index contributed by atoms with van der Waals surface area (Å²) in [5.74, 6) is 0. The van der Waals surface area contributed by atoms with Gasteiger partial charge >= 0.3 is 0 Å². The maximum Gasteiger partial charge on any atom is -0.0250 e. The van der Waals surface area contributed by atoms with Crippen molar-refractivity contribution in [2.45, 2.75) is 20.3 Å². The molecule has 0 heterocycles. The van der Waals surface area contributed by atoms with Crippen molar-refractivity contribution in [1.29, 1.82) is 0 Å². The van der Waals surface area contributed by atoms with E-state index in [0.717, 1.165) is 6.42 Å². The van der Waals surface area contributed by atoms with Gasteiger partial charge in [0.25, 0.3) is 0 Å². The molecule has 0 saturated heterocycles. The Labute approximate surface area is 62.9 Å². The Balaban J connectivity index is 2.69. The molecule has 0 saturated carbocycles. The van der Waals surface area contributed by atoms with Crippen LogP contribution < -0.4 is 0 Å². The fourth-order valence-corrected chi connectivity index (χ4v) is 0.960. The van der Waals surface area contributed by atoms with Crippen LogP contribution in [0.25, 0.3) is 0 Å². The van der Waals surface area contributed by atoms with Crippen LogP contribution in [0.5, 0.6) is 0 Å². The van der Waals surface area contributed by atoms with Crippen LogP contribution in [0.15, 0.2) is 24.3 Å². The lowest BCUT2D eigenvalue weighted by molar-refractivity contribution is 1.14. The molecular weight excluding hydrogens is 120 g/mol. The van der Waals surface area contributed by atoms with Gasteiger partial charge < -0.3 is 0 Å². The maximum absolute atomic E-state index is 2.18. The van der Waals surface area contributed by atoms with Crippen LogP contribution in [-0.2, 0) is 6.42 Å². The van der Waals surface area contributed by atoms with E-state index in [0.29, 0.717) is 0 Å². The lowest BCUT2D eigenvalue weighted by Crippen LogP contribution is -1.82. The number of benzene rings is 1. The van der Waals surface area contributed by atoms with Gasteiger partial charge in [0.1, 0.15) is 0 Å². The highest BCUT2D eigenvalue weighted by molar-refractivity contribution is 5.22. The Bertz CT molecular complexity index is 184. The van der Waals surface area contributed by atoms with E-state index in [1.807, 2.05) is 0 Å². The average molecular weight is 133 g/mol. The lowest BCUT2D eigenvalue weighted by atomic mass is 10.1. The van der Waals surface area contributed by atoms with Crippen LogP contribution >= 0.6 is 0 Å². The quantitative estimate of drug-likeness (QED) is 0.582. The van der Waals surface area contributed by atoms with E-state index in [2.05, 4.69) is 44.5 Å². The van der Waals surface area contributed by atoms with E-state index in [9.17, 15) is 0 Å². The van der Waals surface area contributed by atoms with Gasteiger partial charge in [-0.1, -0.05) is 36.8 Å². The summed E-state index contributed by atoms with van der Waals surface area (Å²) in [7, 11) is 0. The van der Waals surface area contributed by atoms with E-state index >= 15 is 0 Å². The second-order valence-corrected chi connectivity index (χ2v) is 2.60. The Morgan fingerprint density at radius 1 is 1.20 bits per heavy atom. The minimum absolute atomic E-state index is 1.08. The molecule has 0 N–H and O–H groups in total. The molecule has 53 valence electrons. The number of rotatable bonds is 2. The summed E-state index contributed by atoms with van der Waals surface area (Å²) in [6.07, 6.45) is 3.25. The molecule has 0 heteroatoms. The molecule has 0 aliphatic heterocycles. The molecule has 1 aromatic carbocycles. The summed E-state index contributed by atoms with van der Waals surface area (Å²) >= 11 is 0. The highest BCUT2D eigenvalue weighted by Gasteiger charge is 1.88. The van der Waals surface area contributed by atoms with Gasteiger partial charge in [-0.3, -0.25) is 0 Å². The molecule has 0 nitrogen and oxygen atoms in total. The third-order valence-electron chi connectivity index (χ3n) is 1.56. The summed E-state index contributed by atoms with van der Waals surface area (Å²) in [6.45, 7) is 4.19. The van der Waals surface area contributed by atoms with Crippen molar-refractivity contribution < 1.29 is 0 Å². The zero-order valence-electron chi connectivity index (χ0n) is 6.59. The topological polar surface area (TPSA) is 0 Å². The monoisotopic (exact) mass is 133 g/mol. The smallest absolute Gasteiger partial charge is 0.0250 e. The predicted octanol–water partition coefficient (Wildman–Crippen LogP) is 2.76. The standard InChI is InChI=1S/C10H13/c1-3-4-10-7-5-9(2)6-8-10/h3,5-8H,4H2,1-2H3. The molecule has 1 aromatic rings. The highest BCUT2D eigenvalue weighted by Crippen LogP contribution is 2.04. The van der Waals surface area contributed by atoms with E-state index in [4.69, 9.17) is 0 Å². The van der Waals surface area contributed by atoms with Crippen molar-refractivity contribution >= 4 is 0 Å². The molecule has 1 rings (SSSR count). The Morgan fingerprint density at radius 2 is 1.80 bits per heavy atom. The average Bonchev–Trinajstić information content (AvgIpc) is 1.95. The van der Waals surface area contributed by atoms with Crippen molar-refractivity contribution in [3.05, 3.63) is 41.8 Å². The Kier molecular flexibility index (Phi) is 2.49. The molecule has 0 fully saturated rings. The molecule has 0 aliphatic rings. The van der Waals surface area contributed by atoms with E-state index in [1.54, 1.807) is 0 Å². The second kappa shape index (κ2) is 3.40. The largest absolute Gasteiger partial charge is 0.0619 e. The zero-order chi connectivity index (χ0) is 7.40. The fourth-order valence-electron chi connectivity index (χ4n) is 0.960. The van der Waals surface area contributed by atoms with Crippen LogP contribution in [0.3, 0.4) is 0 Å². The van der Waals surface area contributed by atoms with Crippen LogP contribution in [-0.4, -0.2) is 0 Å². The molecule has 10 heavy (non-hydrogen) atoms. The van der Waals surface area contributed by atoms with Crippen LogP contribution in [0, 0.1) is 13.3 Å². The third kappa shape index (κ3) is 1.87. The molecule has 0 bridgehead atoms. The van der Waals surface area contributed by atoms with Crippen molar-refractivity contribution in [3.63, 3.8) is 0 Å². The van der Waals surface area contributed by atoms with Crippen molar-refractivity contribution in [3.8, 4) is 0 Å². The number of hydrogen-bond acceptors (Lipinski definition) is 0. The van der Waals surface area contributed by atoms with Gasteiger partial charge in [0.05, 0.1) is 0 Å². The van der Waals surface area contributed by atoms with Crippen molar-refractivity contribution in [1.82, 2.24) is 0 Å². The second-order valence-electron chi connectivity index (χ2n) is 2.60. The van der Waals surface area contributed by atoms with Crippen LogP contribution in [0.2, 0.25) is 0 Å². The minimum Gasteiger partial charge on any atom is -0.0619 e. The van der Waals surface area contributed by atoms with Crippen molar-refractivity contribution in [2.75, 3.05) is 0 Å². The maximum atomic E-state index is 2.18. The van der Waals surface area contributed by atoms with E-state index in [-0.39, 0.29) is 0 Å². The van der Waals surface area contributed by atoms with Gasteiger partial charge in [0.2, 0.25) is 0 Å². The van der Waals surface area contributed by atoms with Gasteiger partial charge in [-0.05, 0) is 25.3 Å². The highest BCUT2D eigenvalue weighted by atomic mass is 13.9. The number of hydrogen-bond donors (Lipinski definition) is 0. The van der Waals surface area contributed by atoms with Gasteiger partial charge in [-0.15, -0.1) is 0 Å². The molecule has 0 amide bonds. The molecule has 0 aliphatic carbocycles. The lowest BCUT2D eigenvalue weighted by Gasteiger charge is -1.96. The fraction of sp³-hybridized carbons (Fsp3) is 0.300. The van der Waals surface area contributed by atoms with Crippen molar-refractivity contribution in [2.24, 2.45) is 0 Å². The molecular formula is C10H13. The summed E-state index contributed by atoms with van der Waals surface area (Å²) in [6, 6.07) is 8.66. The predicted molar refractivity (Wildman–Crippen MR) is 44.9 cm³/mol. The first-order chi connectivity index (χ1) is 4.83. The first-order valence-electron chi connectivity index (χ1n) is 3.66. The van der Waals surface area contributed by atoms with Crippen LogP contribution in [0.4, 0.5) is 0 Å². The third-order valence-corrected chi connectivity index (χ3v) is 1.56. The summed E-state index contributed by atoms with van der Waals surface area (Å²) in [5, 5.41) is 0. The molecule has 0 aromatic heterocycles. The minimum atomic E-state index is 1.08. The molecule has 1 radical (unpaired) electrons. The summed E-state index contributed by atoms with van der Waals surface area (Å²) < 4.78 is 0. The Hall–Kier alpha value is -0.780. The first kappa shape index (κ1) is 7.33. The van der Waals surface area contributed by atoms with Gasteiger partial charge in [-0.25, -0.2) is 0 Å². The van der Waals surface area contributed by atoms with Gasteiger partial charge in [-0.2, -0.15) is 0 Å². The molecule has 0 unspecified atom stereocenters. The van der Waals surface area contributed by atoms with Gasteiger partial charge in [0.15, 0.2) is 0 Å². The SMILES string of the molecule is C[CH]Cc1ccc(C)cc1. The van der Waals surface area contributed by atoms with Gasteiger partial charge in [0, 0.05) is 0 Å². The molecule has 0 spiro atoms. The first-order valence-corrected chi connectivity index (χ1v) is 3.66. The van der Waals surface area contributed by atoms with E-state index in [1.165, 1.54) is 11.1 Å². The Morgan fingerprint density at radius 3 is 2.30 bits per heavy atom. The summed E-state index contributed by atoms with van der Waals surface area (Å²) in [4.78, 5) is 0. The molecule has 0 atom stereocenters. The normalized spacial score (nSPS) is 9.80. The zero-order valence-corrected chi connectivity index (χ0v) is 6.59. The number of aryl methyl sites for hydroxylation is 1.